The first kappa shape index (κ1) is 13.6. The molecular weight excluding hydrogens is 234 g/mol. The highest BCUT2D eigenvalue weighted by molar-refractivity contribution is 5.68. The molecule has 0 spiro atoms. The lowest BCUT2D eigenvalue weighted by Gasteiger charge is -2.10. The number of hydrogen-bond donors (Lipinski definition) is 1. The van der Waals surface area contributed by atoms with Gasteiger partial charge in [0.05, 0.1) is 6.61 Å². The van der Waals surface area contributed by atoms with Crippen molar-refractivity contribution in [1.29, 1.82) is 0 Å². The SMILES string of the molecule is CCOc1cccc(-c2ccc(CNC)cc2C)c1. The molecule has 2 rings (SSSR count). The van der Waals surface area contributed by atoms with Crippen molar-refractivity contribution in [2.75, 3.05) is 13.7 Å². The second kappa shape index (κ2) is 6.39. The van der Waals surface area contributed by atoms with Crippen LogP contribution < -0.4 is 10.1 Å². The van der Waals surface area contributed by atoms with Gasteiger partial charge in [0.15, 0.2) is 0 Å². The van der Waals surface area contributed by atoms with Crippen LogP contribution in [0.25, 0.3) is 11.1 Å². The quantitative estimate of drug-likeness (QED) is 0.878. The minimum atomic E-state index is 0.698. The van der Waals surface area contributed by atoms with Gasteiger partial charge in [-0.05, 0) is 55.3 Å². The molecule has 0 atom stereocenters. The fraction of sp³-hybridized carbons (Fsp3) is 0.294. The average Bonchev–Trinajstić information content (AvgIpc) is 2.40. The smallest absolute Gasteiger partial charge is 0.119 e. The molecule has 0 bridgehead atoms. The van der Waals surface area contributed by atoms with Crippen molar-refractivity contribution in [3.05, 3.63) is 53.6 Å². The topological polar surface area (TPSA) is 21.3 Å². The molecule has 2 nitrogen and oxygen atoms in total. The van der Waals surface area contributed by atoms with Gasteiger partial charge in [-0.2, -0.15) is 0 Å². The predicted octanol–water partition coefficient (Wildman–Crippen LogP) is 3.78. The van der Waals surface area contributed by atoms with E-state index in [1.54, 1.807) is 0 Å². The maximum atomic E-state index is 5.56. The fourth-order valence-electron chi connectivity index (χ4n) is 2.28. The summed E-state index contributed by atoms with van der Waals surface area (Å²) in [6.07, 6.45) is 0. The Kier molecular flexibility index (Phi) is 4.58. The molecule has 0 fully saturated rings. The lowest BCUT2D eigenvalue weighted by atomic mass is 9.98. The first-order valence-electron chi connectivity index (χ1n) is 6.72. The van der Waals surface area contributed by atoms with E-state index in [0.29, 0.717) is 6.61 Å². The first-order valence-corrected chi connectivity index (χ1v) is 6.72. The number of ether oxygens (including phenoxy) is 1. The third kappa shape index (κ3) is 3.36. The number of hydrogen-bond acceptors (Lipinski definition) is 2. The van der Waals surface area contributed by atoms with E-state index in [9.17, 15) is 0 Å². The third-order valence-electron chi connectivity index (χ3n) is 3.13. The molecule has 0 saturated heterocycles. The molecule has 0 amide bonds. The van der Waals surface area contributed by atoms with E-state index in [0.717, 1.165) is 12.3 Å². The Morgan fingerprint density at radius 2 is 1.95 bits per heavy atom. The molecule has 0 heterocycles. The third-order valence-corrected chi connectivity index (χ3v) is 3.13. The standard InChI is InChI=1S/C17H21NO/c1-4-19-16-7-5-6-15(11-16)17-9-8-14(12-18-3)10-13(17)2/h5-11,18H,4,12H2,1-3H3. The van der Waals surface area contributed by atoms with Gasteiger partial charge in [0, 0.05) is 6.54 Å². The van der Waals surface area contributed by atoms with Crippen LogP contribution in [0.15, 0.2) is 42.5 Å². The van der Waals surface area contributed by atoms with Gasteiger partial charge in [-0.15, -0.1) is 0 Å². The zero-order chi connectivity index (χ0) is 13.7. The summed E-state index contributed by atoms with van der Waals surface area (Å²) < 4.78 is 5.56. The Morgan fingerprint density at radius 1 is 1.11 bits per heavy atom. The molecule has 0 aliphatic carbocycles. The van der Waals surface area contributed by atoms with E-state index >= 15 is 0 Å². The van der Waals surface area contributed by atoms with Crippen LogP contribution in [0.4, 0.5) is 0 Å². The van der Waals surface area contributed by atoms with Crippen LogP contribution in [0.1, 0.15) is 18.1 Å². The van der Waals surface area contributed by atoms with Gasteiger partial charge in [-0.1, -0.05) is 30.3 Å². The van der Waals surface area contributed by atoms with E-state index in [4.69, 9.17) is 4.74 Å². The van der Waals surface area contributed by atoms with Crippen molar-refractivity contribution in [2.24, 2.45) is 0 Å². The van der Waals surface area contributed by atoms with Crippen LogP contribution >= 0.6 is 0 Å². The minimum Gasteiger partial charge on any atom is -0.494 e. The summed E-state index contributed by atoms with van der Waals surface area (Å²) in [5.74, 6) is 0.929. The number of rotatable bonds is 5. The molecule has 0 saturated carbocycles. The summed E-state index contributed by atoms with van der Waals surface area (Å²) in [5, 5.41) is 3.18. The summed E-state index contributed by atoms with van der Waals surface area (Å²) in [6, 6.07) is 14.9. The highest BCUT2D eigenvalue weighted by atomic mass is 16.5. The molecular formula is C17H21NO. The highest BCUT2D eigenvalue weighted by Crippen LogP contribution is 2.27. The zero-order valence-corrected chi connectivity index (χ0v) is 11.9. The van der Waals surface area contributed by atoms with Gasteiger partial charge < -0.3 is 10.1 Å². The molecule has 2 aromatic rings. The van der Waals surface area contributed by atoms with Gasteiger partial charge in [-0.3, -0.25) is 0 Å². The summed E-state index contributed by atoms with van der Waals surface area (Å²) in [4.78, 5) is 0. The Hall–Kier alpha value is -1.80. The van der Waals surface area contributed by atoms with Crippen molar-refractivity contribution in [1.82, 2.24) is 5.32 Å². The van der Waals surface area contributed by atoms with Crippen LogP contribution in [0.2, 0.25) is 0 Å². The van der Waals surface area contributed by atoms with Gasteiger partial charge in [0.2, 0.25) is 0 Å². The molecule has 2 heteroatoms. The van der Waals surface area contributed by atoms with E-state index in [1.165, 1.54) is 22.3 Å². The van der Waals surface area contributed by atoms with Gasteiger partial charge in [0.1, 0.15) is 5.75 Å². The monoisotopic (exact) mass is 255 g/mol. The van der Waals surface area contributed by atoms with Crippen molar-refractivity contribution >= 4 is 0 Å². The van der Waals surface area contributed by atoms with Crippen molar-refractivity contribution < 1.29 is 4.74 Å². The maximum Gasteiger partial charge on any atom is 0.119 e. The number of nitrogens with one attached hydrogen (secondary N) is 1. The first-order chi connectivity index (χ1) is 9.24. The lowest BCUT2D eigenvalue weighted by molar-refractivity contribution is 0.340. The summed E-state index contributed by atoms with van der Waals surface area (Å²) >= 11 is 0. The van der Waals surface area contributed by atoms with E-state index in [1.807, 2.05) is 26.1 Å². The van der Waals surface area contributed by atoms with Crippen LogP contribution in [0, 0.1) is 6.92 Å². The molecule has 100 valence electrons. The van der Waals surface area contributed by atoms with Crippen LogP contribution in [0.3, 0.4) is 0 Å². The van der Waals surface area contributed by atoms with Gasteiger partial charge in [-0.25, -0.2) is 0 Å². The fourth-order valence-corrected chi connectivity index (χ4v) is 2.28. The summed E-state index contributed by atoms with van der Waals surface area (Å²) in [6.45, 7) is 5.76. The lowest BCUT2D eigenvalue weighted by Crippen LogP contribution is -2.05. The molecule has 0 aliphatic rings. The molecule has 0 aliphatic heterocycles. The number of benzene rings is 2. The molecule has 2 aromatic carbocycles. The predicted molar refractivity (Wildman–Crippen MR) is 80.5 cm³/mol. The van der Waals surface area contributed by atoms with Gasteiger partial charge >= 0.3 is 0 Å². The Morgan fingerprint density at radius 3 is 2.63 bits per heavy atom. The minimum absolute atomic E-state index is 0.698. The second-order valence-electron chi connectivity index (χ2n) is 4.64. The van der Waals surface area contributed by atoms with Crippen LogP contribution in [0.5, 0.6) is 5.75 Å². The van der Waals surface area contributed by atoms with E-state index in [-0.39, 0.29) is 0 Å². The Bertz CT molecular complexity index is 549. The Balaban J connectivity index is 2.33. The largest absolute Gasteiger partial charge is 0.494 e. The Labute approximate surface area is 115 Å². The molecule has 0 aromatic heterocycles. The molecule has 1 N–H and O–H groups in total. The van der Waals surface area contributed by atoms with Crippen LogP contribution in [-0.2, 0) is 6.54 Å². The molecule has 0 radical (unpaired) electrons. The van der Waals surface area contributed by atoms with Crippen LogP contribution in [-0.4, -0.2) is 13.7 Å². The normalized spacial score (nSPS) is 10.5. The maximum absolute atomic E-state index is 5.56. The summed E-state index contributed by atoms with van der Waals surface area (Å²) in [7, 11) is 1.97. The second-order valence-corrected chi connectivity index (χ2v) is 4.64. The van der Waals surface area contributed by atoms with Crippen molar-refractivity contribution in [3.63, 3.8) is 0 Å². The average molecular weight is 255 g/mol. The molecule has 19 heavy (non-hydrogen) atoms. The van der Waals surface area contributed by atoms with E-state index in [2.05, 4.69) is 42.6 Å². The molecule has 0 unspecified atom stereocenters. The van der Waals surface area contributed by atoms with Gasteiger partial charge in [0.25, 0.3) is 0 Å². The summed E-state index contributed by atoms with van der Waals surface area (Å²) in [5.41, 5.74) is 5.08. The van der Waals surface area contributed by atoms with Crippen molar-refractivity contribution in [3.8, 4) is 16.9 Å². The van der Waals surface area contributed by atoms with E-state index < -0.39 is 0 Å². The van der Waals surface area contributed by atoms with Crippen molar-refractivity contribution in [2.45, 2.75) is 20.4 Å². The number of aryl methyl sites for hydroxylation is 1. The highest BCUT2D eigenvalue weighted by Gasteiger charge is 2.04. The zero-order valence-electron chi connectivity index (χ0n) is 11.9.